The van der Waals surface area contributed by atoms with Crippen molar-refractivity contribution in [2.24, 2.45) is 0 Å². The van der Waals surface area contributed by atoms with Crippen LogP contribution in [0, 0.1) is 17.1 Å². The Morgan fingerprint density at radius 1 is 1.03 bits per heavy atom. The number of thioether (sulfide) groups is 1. The summed E-state index contributed by atoms with van der Waals surface area (Å²) >= 11 is 7.58. The molecule has 1 aromatic heterocycles. The van der Waals surface area contributed by atoms with E-state index in [4.69, 9.17) is 11.6 Å². The van der Waals surface area contributed by atoms with Crippen molar-refractivity contribution in [1.29, 1.82) is 5.26 Å². The summed E-state index contributed by atoms with van der Waals surface area (Å²) in [7, 11) is -3.54. The van der Waals surface area contributed by atoms with E-state index in [1.54, 1.807) is 42.6 Å². The molecular formula is C26H18ClFN2O2S2. The molecule has 0 atom stereocenters. The van der Waals surface area contributed by atoms with Crippen LogP contribution in [0.15, 0.2) is 88.9 Å². The van der Waals surface area contributed by atoms with Crippen LogP contribution in [-0.2, 0) is 15.6 Å². The van der Waals surface area contributed by atoms with E-state index in [1.165, 1.54) is 30.1 Å². The lowest BCUT2D eigenvalue weighted by molar-refractivity contribution is 0.601. The highest BCUT2D eigenvalue weighted by Crippen LogP contribution is 2.42. The summed E-state index contributed by atoms with van der Waals surface area (Å²) < 4.78 is 38.8. The lowest BCUT2D eigenvalue weighted by Gasteiger charge is -2.18. The van der Waals surface area contributed by atoms with Gasteiger partial charge in [0, 0.05) is 45.4 Å². The van der Waals surface area contributed by atoms with Gasteiger partial charge in [-0.25, -0.2) is 12.8 Å². The molecule has 0 unspecified atom stereocenters. The Bertz CT molecular complexity index is 1520. The maximum absolute atomic E-state index is 13.7. The van der Waals surface area contributed by atoms with Gasteiger partial charge in [0.25, 0.3) is 0 Å². The first-order chi connectivity index (χ1) is 16.2. The minimum absolute atomic E-state index is 0.147. The summed E-state index contributed by atoms with van der Waals surface area (Å²) in [4.78, 5) is 5.04. The zero-order valence-electron chi connectivity index (χ0n) is 18.0. The highest BCUT2D eigenvalue weighted by atomic mass is 35.5. The van der Waals surface area contributed by atoms with E-state index in [0.717, 1.165) is 17.4 Å². The third-order valence-electron chi connectivity index (χ3n) is 5.10. The summed E-state index contributed by atoms with van der Waals surface area (Å²) in [5, 5.41) is 10.0. The minimum atomic E-state index is -3.54. The largest absolute Gasteiger partial charge is 0.263 e. The van der Waals surface area contributed by atoms with E-state index >= 15 is 0 Å². The molecule has 0 radical (unpaired) electrons. The van der Waals surface area contributed by atoms with Gasteiger partial charge in [0.15, 0.2) is 9.84 Å². The van der Waals surface area contributed by atoms with Crippen LogP contribution >= 0.6 is 23.4 Å². The van der Waals surface area contributed by atoms with Gasteiger partial charge >= 0.3 is 0 Å². The Hall–Kier alpha value is -3.18. The van der Waals surface area contributed by atoms with Crippen molar-refractivity contribution >= 4 is 33.2 Å². The fourth-order valence-corrected chi connectivity index (χ4v) is 5.53. The van der Waals surface area contributed by atoms with Crippen LogP contribution in [0.25, 0.3) is 22.3 Å². The summed E-state index contributed by atoms with van der Waals surface area (Å²) in [5.74, 6) is 0.142. The van der Waals surface area contributed by atoms with Crippen LogP contribution in [-0.4, -0.2) is 19.7 Å². The Balaban J connectivity index is 1.97. The molecule has 4 nitrogen and oxygen atoms in total. The number of halogens is 2. The molecule has 0 bridgehead atoms. The van der Waals surface area contributed by atoms with Crippen molar-refractivity contribution in [3.05, 3.63) is 101 Å². The third-order valence-corrected chi connectivity index (χ3v) is 7.54. The first kappa shape index (κ1) is 24.0. The molecule has 0 aliphatic rings. The van der Waals surface area contributed by atoms with Crippen molar-refractivity contribution in [2.45, 2.75) is 15.5 Å². The minimum Gasteiger partial charge on any atom is -0.263 e. The van der Waals surface area contributed by atoms with Gasteiger partial charge in [0.05, 0.1) is 10.5 Å². The first-order valence-electron chi connectivity index (χ1n) is 10.1. The van der Waals surface area contributed by atoms with Gasteiger partial charge in [-0.15, -0.1) is 11.8 Å². The van der Waals surface area contributed by atoms with E-state index in [2.05, 4.69) is 11.1 Å². The Kier molecular flexibility index (Phi) is 7.03. The van der Waals surface area contributed by atoms with Crippen LogP contribution in [0.1, 0.15) is 11.1 Å². The molecule has 0 amide bonds. The molecule has 4 aromatic rings. The molecule has 0 aliphatic carbocycles. The Morgan fingerprint density at radius 3 is 2.47 bits per heavy atom. The smallest absolute Gasteiger partial charge is 0.175 e. The number of nitrogens with zero attached hydrogens (tertiary/aromatic N) is 2. The molecule has 0 saturated carbocycles. The molecule has 0 fully saturated rings. The zero-order chi connectivity index (χ0) is 24.3. The molecule has 0 saturated heterocycles. The molecule has 4 rings (SSSR count). The standard InChI is InChI=1S/C26H18ClFN2O2S2/c1-34(31,32)23-11-24(19-5-7-22(28)8-6-19)26(20-9-18(13-29)14-30-15-20)25(12-23)33-16-17-3-2-4-21(27)10-17/h2-12,14-15H,16H2,1H3. The molecular weight excluding hydrogens is 491 g/mol. The maximum Gasteiger partial charge on any atom is 0.175 e. The maximum atomic E-state index is 13.7. The SMILES string of the molecule is CS(=O)(=O)c1cc(SCc2cccc(Cl)c2)c(-c2cncc(C#N)c2)c(-c2ccc(F)cc2)c1. The van der Waals surface area contributed by atoms with Crippen molar-refractivity contribution in [1.82, 2.24) is 4.98 Å². The number of hydrogen-bond donors (Lipinski definition) is 0. The lowest BCUT2D eigenvalue weighted by atomic mass is 9.94. The Labute approximate surface area is 207 Å². The average Bonchev–Trinajstić information content (AvgIpc) is 2.82. The van der Waals surface area contributed by atoms with E-state index < -0.39 is 15.7 Å². The number of aromatic nitrogens is 1. The second kappa shape index (κ2) is 9.98. The second-order valence-corrected chi connectivity index (χ2v) is 11.1. The highest BCUT2D eigenvalue weighted by Gasteiger charge is 2.20. The number of nitriles is 1. The number of pyridine rings is 1. The average molecular weight is 509 g/mol. The molecule has 1 heterocycles. The van der Waals surface area contributed by atoms with Crippen molar-refractivity contribution in [3.63, 3.8) is 0 Å². The summed E-state index contributed by atoms with van der Waals surface area (Å²) in [5.41, 5.74) is 3.98. The van der Waals surface area contributed by atoms with E-state index in [9.17, 15) is 18.1 Å². The molecule has 0 N–H and O–H groups in total. The molecule has 0 spiro atoms. The fraction of sp³-hybridized carbons (Fsp3) is 0.0769. The van der Waals surface area contributed by atoms with Gasteiger partial charge in [0.2, 0.25) is 0 Å². The van der Waals surface area contributed by atoms with Crippen LogP contribution in [0.5, 0.6) is 0 Å². The third kappa shape index (κ3) is 5.48. The van der Waals surface area contributed by atoms with Gasteiger partial charge < -0.3 is 0 Å². The first-order valence-corrected chi connectivity index (χ1v) is 13.4. The van der Waals surface area contributed by atoms with Crippen LogP contribution < -0.4 is 0 Å². The van der Waals surface area contributed by atoms with Gasteiger partial charge in [0.1, 0.15) is 11.9 Å². The van der Waals surface area contributed by atoms with Crippen molar-refractivity contribution in [2.75, 3.05) is 6.26 Å². The Morgan fingerprint density at radius 2 is 1.79 bits per heavy atom. The van der Waals surface area contributed by atoms with E-state index in [1.807, 2.05) is 18.2 Å². The van der Waals surface area contributed by atoms with Gasteiger partial charge in [-0.1, -0.05) is 35.9 Å². The number of hydrogen-bond acceptors (Lipinski definition) is 5. The predicted molar refractivity (Wildman–Crippen MR) is 134 cm³/mol. The molecule has 8 heteroatoms. The number of sulfone groups is 1. The van der Waals surface area contributed by atoms with Crippen LogP contribution in [0.3, 0.4) is 0 Å². The highest BCUT2D eigenvalue weighted by molar-refractivity contribution is 7.98. The topological polar surface area (TPSA) is 70.8 Å². The number of benzene rings is 3. The van der Waals surface area contributed by atoms with Crippen molar-refractivity contribution in [3.8, 4) is 28.3 Å². The summed E-state index contributed by atoms with van der Waals surface area (Å²) in [6.07, 6.45) is 4.25. The predicted octanol–water partition coefficient (Wildman–Crippen LogP) is 6.78. The molecule has 34 heavy (non-hydrogen) atoms. The van der Waals surface area contributed by atoms with Gasteiger partial charge in [-0.05, 0) is 59.2 Å². The quantitative estimate of drug-likeness (QED) is 0.268. The molecule has 0 aliphatic heterocycles. The monoisotopic (exact) mass is 508 g/mol. The zero-order valence-corrected chi connectivity index (χ0v) is 20.4. The van der Waals surface area contributed by atoms with E-state index in [-0.39, 0.29) is 4.90 Å². The van der Waals surface area contributed by atoms with Crippen LogP contribution in [0.4, 0.5) is 4.39 Å². The van der Waals surface area contributed by atoms with Gasteiger partial charge in [-0.2, -0.15) is 5.26 Å². The van der Waals surface area contributed by atoms with Crippen LogP contribution in [0.2, 0.25) is 5.02 Å². The number of rotatable bonds is 6. The molecule has 3 aromatic carbocycles. The molecule has 170 valence electrons. The second-order valence-electron chi connectivity index (χ2n) is 7.62. The van der Waals surface area contributed by atoms with Gasteiger partial charge in [-0.3, -0.25) is 4.98 Å². The normalized spacial score (nSPS) is 11.2. The lowest BCUT2D eigenvalue weighted by Crippen LogP contribution is -2.01. The van der Waals surface area contributed by atoms with E-state index in [0.29, 0.717) is 37.9 Å². The fourth-order valence-electron chi connectivity index (χ4n) is 3.50. The summed E-state index contributed by atoms with van der Waals surface area (Å²) in [6.45, 7) is 0. The van der Waals surface area contributed by atoms with Crippen molar-refractivity contribution < 1.29 is 12.8 Å². The summed E-state index contributed by atoms with van der Waals surface area (Å²) in [6, 6.07) is 20.3.